The third kappa shape index (κ3) is 2.61. The summed E-state index contributed by atoms with van der Waals surface area (Å²) in [4.78, 5) is 0. The van der Waals surface area contributed by atoms with Crippen molar-refractivity contribution in [1.29, 1.82) is 0 Å². The first kappa shape index (κ1) is 16.8. The first-order valence-electron chi connectivity index (χ1n) is 10.1. The Morgan fingerprint density at radius 2 is 1.76 bits per heavy atom. The number of phenols is 2. The Labute approximate surface area is 150 Å². The first-order chi connectivity index (χ1) is 12.2. The van der Waals surface area contributed by atoms with Crippen molar-refractivity contribution >= 4 is 10.8 Å². The molecule has 134 valence electrons. The lowest BCUT2D eigenvalue weighted by Crippen LogP contribution is -2.05. The molecule has 2 aliphatic carbocycles. The van der Waals surface area contributed by atoms with Gasteiger partial charge in [-0.05, 0) is 49.0 Å². The van der Waals surface area contributed by atoms with Crippen LogP contribution in [0.2, 0.25) is 0 Å². The lowest BCUT2D eigenvalue weighted by atomic mass is 9.84. The summed E-state index contributed by atoms with van der Waals surface area (Å²) < 4.78 is 0. The summed E-state index contributed by atoms with van der Waals surface area (Å²) in [6, 6.07) is 6.17. The fourth-order valence-corrected chi connectivity index (χ4v) is 5.37. The molecule has 2 bridgehead atoms. The number of benzene rings is 2. The molecule has 1 fully saturated rings. The van der Waals surface area contributed by atoms with E-state index in [1.807, 2.05) is 12.1 Å². The van der Waals surface area contributed by atoms with Crippen LogP contribution in [0.3, 0.4) is 0 Å². The minimum absolute atomic E-state index is 0.443. The Morgan fingerprint density at radius 1 is 1.04 bits per heavy atom. The Kier molecular flexibility index (Phi) is 4.39. The van der Waals surface area contributed by atoms with Gasteiger partial charge in [-0.3, -0.25) is 0 Å². The predicted molar refractivity (Wildman–Crippen MR) is 104 cm³/mol. The Balaban J connectivity index is 1.82. The Morgan fingerprint density at radius 3 is 2.44 bits per heavy atom. The van der Waals surface area contributed by atoms with Gasteiger partial charge in [0.15, 0.2) is 0 Å². The molecule has 3 unspecified atom stereocenters. The van der Waals surface area contributed by atoms with Crippen molar-refractivity contribution < 1.29 is 10.2 Å². The van der Waals surface area contributed by atoms with E-state index in [2.05, 4.69) is 19.9 Å². The summed E-state index contributed by atoms with van der Waals surface area (Å²) >= 11 is 0. The van der Waals surface area contributed by atoms with E-state index in [0.29, 0.717) is 29.3 Å². The maximum absolute atomic E-state index is 11.1. The van der Waals surface area contributed by atoms with Gasteiger partial charge in [0.1, 0.15) is 11.5 Å². The molecule has 2 aliphatic rings. The molecule has 2 nitrogen and oxygen atoms in total. The normalized spacial score (nSPS) is 22.5. The third-order valence-corrected chi connectivity index (χ3v) is 6.74. The summed E-state index contributed by atoms with van der Waals surface area (Å²) in [5, 5.41) is 23.9. The van der Waals surface area contributed by atoms with E-state index in [1.165, 1.54) is 31.2 Å². The van der Waals surface area contributed by atoms with Gasteiger partial charge in [-0.15, -0.1) is 0 Å². The second kappa shape index (κ2) is 6.55. The zero-order chi connectivity index (χ0) is 17.6. The first-order valence-corrected chi connectivity index (χ1v) is 10.1. The average molecular weight is 338 g/mol. The predicted octanol–water partition coefficient (Wildman–Crippen LogP) is 6.37. The highest BCUT2D eigenvalue weighted by atomic mass is 16.3. The fraction of sp³-hybridized carbons (Fsp3) is 0.565. The molecule has 0 saturated heterocycles. The molecule has 0 heterocycles. The summed E-state index contributed by atoms with van der Waals surface area (Å²) in [6.07, 6.45) is 9.32. The molecular weight excluding hydrogens is 308 g/mol. The lowest BCUT2D eigenvalue weighted by molar-refractivity contribution is 0.443. The molecule has 0 aromatic heterocycles. The molecule has 1 saturated carbocycles. The van der Waals surface area contributed by atoms with Crippen LogP contribution in [0.4, 0.5) is 0 Å². The van der Waals surface area contributed by atoms with Gasteiger partial charge in [0.2, 0.25) is 0 Å². The van der Waals surface area contributed by atoms with Crippen LogP contribution in [-0.4, -0.2) is 10.2 Å². The van der Waals surface area contributed by atoms with E-state index in [4.69, 9.17) is 0 Å². The number of fused-ring (bicyclic) bond motifs is 6. The number of aromatic hydroxyl groups is 2. The van der Waals surface area contributed by atoms with Crippen molar-refractivity contribution in [3.05, 3.63) is 34.9 Å². The van der Waals surface area contributed by atoms with Crippen molar-refractivity contribution in [2.75, 3.05) is 0 Å². The summed E-state index contributed by atoms with van der Waals surface area (Å²) in [7, 11) is 0. The van der Waals surface area contributed by atoms with Gasteiger partial charge in [-0.2, -0.15) is 0 Å². The zero-order valence-electron chi connectivity index (χ0n) is 15.5. The van der Waals surface area contributed by atoms with Crippen LogP contribution < -0.4 is 0 Å². The second-order valence-corrected chi connectivity index (χ2v) is 8.19. The quantitative estimate of drug-likeness (QED) is 0.600. The van der Waals surface area contributed by atoms with Crippen LogP contribution in [0.5, 0.6) is 11.5 Å². The fourth-order valence-electron chi connectivity index (χ4n) is 5.37. The monoisotopic (exact) mass is 338 g/mol. The SMILES string of the molecule is CCCCC(CC)Cc1cccc2c(O)c3c(c(O)c12)C1CCC3C1. The minimum atomic E-state index is 0.443. The van der Waals surface area contributed by atoms with Gasteiger partial charge in [-0.25, -0.2) is 0 Å². The second-order valence-electron chi connectivity index (χ2n) is 8.19. The number of phenolic OH excluding ortho intramolecular Hbond substituents is 2. The standard InChI is InChI=1S/C23H30O2/c1-3-5-7-14(4-2)12-15-8-6-9-18-19(15)23(25)21-17-11-10-16(13-17)20(21)22(18)24/h6,8-9,14,16-17,24-25H,3-5,7,10-13H2,1-2H3. The molecule has 0 spiro atoms. The van der Waals surface area contributed by atoms with Gasteiger partial charge >= 0.3 is 0 Å². The van der Waals surface area contributed by atoms with E-state index in [0.717, 1.165) is 47.6 Å². The highest BCUT2D eigenvalue weighted by molar-refractivity contribution is 5.98. The Hall–Kier alpha value is -1.70. The molecule has 4 rings (SSSR count). The van der Waals surface area contributed by atoms with Crippen molar-refractivity contribution in [2.45, 2.75) is 77.0 Å². The molecule has 0 aliphatic heterocycles. The van der Waals surface area contributed by atoms with Crippen molar-refractivity contribution in [3.8, 4) is 11.5 Å². The molecular formula is C23H30O2. The zero-order valence-corrected chi connectivity index (χ0v) is 15.5. The van der Waals surface area contributed by atoms with E-state index in [9.17, 15) is 10.2 Å². The lowest BCUT2D eigenvalue weighted by Gasteiger charge is -2.22. The van der Waals surface area contributed by atoms with Crippen molar-refractivity contribution in [2.24, 2.45) is 5.92 Å². The van der Waals surface area contributed by atoms with Crippen LogP contribution in [-0.2, 0) is 6.42 Å². The molecule has 25 heavy (non-hydrogen) atoms. The number of hydrogen-bond acceptors (Lipinski definition) is 2. The van der Waals surface area contributed by atoms with Crippen molar-refractivity contribution in [1.82, 2.24) is 0 Å². The van der Waals surface area contributed by atoms with Crippen LogP contribution in [0.25, 0.3) is 10.8 Å². The largest absolute Gasteiger partial charge is 0.507 e. The van der Waals surface area contributed by atoms with Crippen LogP contribution in [0.15, 0.2) is 18.2 Å². The van der Waals surface area contributed by atoms with E-state index >= 15 is 0 Å². The molecule has 0 radical (unpaired) electrons. The van der Waals surface area contributed by atoms with Gasteiger partial charge < -0.3 is 10.2 Å². The highest BCUT2D eigenvalue weighted by Gasteiger charge is 2.42. The maximum atomic E-state index is 11.1. The smallest absolute Gasteiger partial charge is 0.127 e. The summed E-state index contributed by atoms with van der Waals surface area (Å²) in [6.45, 7) is 4.51. The summed E-state index contributed by atoms with van der Waals surface area (Å²) in [5.74, 6) is 2.46. The summed E-state index contributed by atoms with van der Waals surface area (Å²) in [5.41, 5.74) is 3.32. The number of hydrogen-bond donors (Lipinski definition) is 2. The molecule has 2 N–H and O–H groups in total. The topological polar surface area (TPSA) is 40.5 Å². The third-order valence-electron chi connectivity index (χ3n) is 6.74. The number of unbranched alkanes of at least 4 members (excludes halogenated alkanes) is 1. The minimum Gasteiger partial charge on any atom is -0.507 e. The van der Waals surface area contributed by atoms with Crippen LogP contribution >= 0.6 is 0 Å². The van der Waals surface area contributed by atoms with E-state index < -0.39 is 0 Å². The van der Waals surface area contributed by atoms with Gasteiger partial charge in [-0.1, -0.05) is 57.7 Å². The molecule has 2 aromatic rings. The van der Waals surface area contributed by atoms with Gasteiger partial charge in [0, 0.05) is 21.9 Å². The molecule has 2 heteroatoms. The van der Waals surface area contributed by atoms with E-state index in [1.54, 1.807) is 0 Å². The highest BCUT2D eigenvalue weighted by Crippen LogP contribution is 2.60. The molecule has 0 amide bonds. The number of rotatable bonds is 6. The Bertz CT molecular complexity index is 793. The van der Waals surface area contributed by atoms with Crippen molar-refractivity contribution in [3.63, 3.8) is 0 Å². The molecule has 2 aromatic carbocycles. The van der Waals surface area contributed by atoms with Crippen LogP contribution in [0, 0.1) is 5.92 Å². The van der Waals surface area contributed by atoms with E-state index in [-0.39, 0.29) is 0 Å². The maximum Gasteiger partial charge on any atom is 0.127 e. The van der Waals surface area contributed by atoms with Crippen LogP contribution in [0.1, 0.15) is 87.3 Å². The average Bonchev–Trinajstić information content (AvgIpc) is 3.24. The van der Waals surface area contributed by atoms with Gasteiger partial charge in [0.05, 0.1) is 0 Å². The van der Waals surface area contributed by atoms with Gasteiger partial charge in [0.25, 0.3) is 0 Å². The molecule has 3 atom stereocenters.